The van der Waals surface area contributed by atoms with Gasteiger partial charge in [-0.05, 0) is 31.9 Å². The number of rotatable bonds is 7. The van der Waals surface area contributed by atoms with Crippen molar-refractivity contribution >= 4 is 24.2 Å². The zero-order valence-electron chi connectivity index (χ0n) is 16.0. The summed E-state index contributed by atoms with van der Waals surface area (Å²) < 4.78 is 1.65. The Bertz CT molecular complexity index is 760. The fraction of sp³-hybridized carbons (Fsp3) is 0.444. The van der Waals surface area contributed by atoms with Gasteiger partial charge in [-0.1, -0.05) is 37.3 Å². The lowest BCUT2D eigenvalue weighted by Gasteiger charge is -2.24. The minimum absolute atomic E-state index is 0. The van der Waals surface area contributed by atoms with Crippen molar-refractivity contribution in [2.24, 2.45) is 11.7 Å². The molecule has 148 valence electrons. The van der Waals surface area contributed by atoms with Gasteiger partial charge >= 0.3 is 0 Å². The molecule has 2 aromatic rings. The van der Waals surface area contributed by atoms with Crippen molar-refractivity contribution in [1.29, 1.82) is 0 Å². The maximum Gasteiger partial charge on any atom is 0.240 e. The molecule has 0 unspecified atom stereocenters. The number of nitrogens with zero attached hydrogens (tertiary/aromatic N) is 3. The van der Waals surface area contributed by atoms with Gasteiger partial charge in [0.1, 0.15) is 5.69 Å². The van der Waals surface area contributed by atoms with Gasteiger partial charge < -0.3 is 16.4 Å². The maximum atomic E-state index is 12.2. The number of halogens is 1. The van der Waals surface area contributed by atoms with Crippen molar-refractivity contribution in [2.75, 3.05) is 6.54 Å². The van der Waals surface area contributed by atoms with Crippen LogP contribution in [0.5, 0.6) is 0 Å². The van der Waals surface area contributed by atoms with Crippen LogP contribution in [0, 0.1) is 5.92 Å². The molecule has 0 spiro atoms. The molecule has 0 aliphatic carbocycles. The third kappa shape index (κ3) is 6.04. The molecule has 0 saturated heterocycles. The molecule has 0 saturated carbocycles. The summed E-state index contributed by atoms with van der Waals surface area (Å²) in [5.41, 5.74) is 6.51. The number of amides is 2. The van der Waals surface area contributed by atoms with E-state index in [9.17, 15) is 9.59 Å². The highest BCUT2D eigenvalue weighted by Crippen LogP contribution is 2.18. The molecule has 1 atom stereocenters. The Hall–Kier alpha value is -2.45. The van der Waals surface area contributed by atoms with Crippen molar-refractivity contribution in [2.45, 2.75) is 39.3 Å². The number of hydrogen-bond donors (Lipinski definition) is 3. The number of carbonyl (C=O) groups excluding carboxylic acids is 2. The van der Waals surface area contributed by atoms with E-state index in [1.54, 1.807) is 10.9 Å². The predicted molar refractivity (Wildman–Crippen MR) is 106 cm³/mol. The summed E-state index contributed by atoms with van der Waals surface area (Å²) in [6.45, 7) is 7.21. The summed E-state index contributed by atoms with van der Waals surface area (Å²) in [5, 5.41) is 13.7. The maximum absolute atomic E-state index is 12.2. The first-order valence-electron chi connectivity index (χ1n) is 8.53. The molecule has 4 N–H and O–H groups in total. The minimum Gasteiger partial charge on any atom is -0.346 e. The summed E-state index contributed by atoms with van der Waals surface area (Å²) in [7, 11) is 0. The monoisotopic (exact) mass is 394 g/mol. The van der Waals surface area contributed by atoms with Crippen molar-refractivity contribution in [1.82, 2.24) is 25.6 Å². The standard InChI is InChI=1S/C18H26N6O2.ClH/c1-12(2)16(19)17(26)20-10-15(25)21-18(3,4)14-11-24(23-22-14)13-8-6-5-7-9-13;/h5-9,11-12,16H,10,19H2,1-4H3,(H,20,26)(H,21,25);1H/t16-;/m0./s1. The molecular weight excluding hydrogens is 368 g/mol. The second-order valence-corrected chi connectivity index (χ2v) is 7.04. The van der Waals surface area contributed by atoms with E-state index in [1.165, 1.54) is 0 Å². The molecule has 2 amide bonds. The van der Waals surface area contributed by atoms with Crippen LogP contribution >= 0.6 is 12.4 Å². The molecule has 0 aliphatic rings. The fourth-order valence-electron chi connectivity index (χ4n) is 2.30. The van der Waals surface area contributed by atoms with Gasteiger partial charge in [-0.25, -0.2) is 4.68 Å². The number of hydrogen-bond acceptors (Lipinski definition) is 5. The molecule has 2 rings (SSSR count). The van der Waals surface area contributed by atoms with E-state index in [4.69, 9.17) is 5.73 Å². The van der Waals surface area contributed by atoms with Gasteiger partial charge in [-0.3, -0.25) is 9.59 Å². The van der Waals surface area contributed by atoms with Crippen molar-refractivity contribution < 1.29 is 9.59 Å². The molecule has 9 heteroatoms. The molecule has 1 aromatic heterocycles. The molecule has 1 heterocycles. The number of benzene rings is 1. The lowest BCUT2D eigenvalue weighted by Crippen LogP contribution is -2.50. The smallest absolute Gasteiger partial charge is 0.240 e. The normalized spacial score (nSPS) is 12.2. The van der Waals surface area contributed by atoms with Gasteiger partial charge in [0.2, 0.25) is 11.8 Å². The Labute approximate surface area is 165 Å². The molecule has 1 aromatic carbocycles. The van der Waals surface area contributed by atoms with Gasteiger partial charge in [0.15, 0.2) is 0 Å². The van der Waals surface area contributed by atoms with Crippen LogP contribution in [0.15, 0.2) is 36.5 Å². The summed E-state index contributed by atoms with van der Waals surface area (Å²) in [5.74, 6) is -0.668. The quantitative estimate of drug-likeness (QED) is 0.651. The molecule has 0 fully saturated rings. The number of para-hydroxylation sites is 1. The predicted octanol–water partition coefficient (Wildman–Crippen LogP) is 1.14. The summed E-state index contributed by atoms with van der Waals surface area (Å²) in [6, 6.07) is 8.93. The Balaban J connectivity index is 0.00000364. The first-order chi connectivity index (χ1) is 12.2. The van der Waals surface area contributed by atoms with Crippen LogP contribution in [-0.4, -0.2) is 39.4 Å². The zero-order chi connectivity index (χ0) is 19.3. The van der Waals surface area contributed by atoms with E-state index in [2.05, 4.69) is 20.9 Å². The van der Waals surface area contributed by atoms with Crippen LogP contribution in [0.1, 0.15) is 33.4 Å². The van der Waals surface area contributed by atoms with Gasteiger partial charge in [-0.2, -0.15) is 0 Å². The van der Waals surface area contributed by atoms with E-state index < -0.39 is 11.6 Å². The Kier molecular flexibility index (Phi) is 7.93. The number of nitrogens with one attached hydrogen (secondary N) is 2. The first-order valence-corrected chi connectivity index (χ1v) is 8.53. The highest BCUT2D eigenvalue weighted by atomic mass is 35.5. The van der Waals surface area contributed by atoms with Crippen LogP contribution < -0.4 is 16.4 Å². The fourth-order valence-corrected chi connectivity index (χ4v) is 2.30. The second kappa shape index (κ2) is 9.48. The largest absolute Gasteiger partial charge is 0.346 e. The van der Waals surface area contributed by atoms with Crippen LogP contribution in [0.2, 0.25) is 0 Å². The summed E-state index contributed by atoms with van der Waals surface area (Å²) in [6.07, 6.45) is 1.77. The highest BCUT2D eigenvalue weighted by molar-refractivity contribution is 5.87. The molecule has 8 nitrogen and oxygen atoms in total. The topological polar surface area (TPSA) is 115 Å². The zero-order valence-corrected chi connectivity index (χ0v) is 16.8. The molecular formula is C18H27ClN6O2. The lowest BCUT2D eigenvalue weighted by atomic mass is 10.0. The minimum atomic E-state index is -0.741. The van der Waals surface area contributed by atoms with E-state index in [0.29, 0.717) is 5.69 Å². The molecule has 27 heavy (non-hydrogen) atoms. The summed E-state index contributed by atoms with van der Waals surface area (Å²) >= 11 is 0. The first kappa shape index (κ1) is 22.6. The molecule has 0 radical (unpaired) electrons. The average Bonchev–Trinajstić information content (AvgIpc) is 3.10. The average molecular weight is 395 g/mol. The van der Waals surface area contributed by atoms with Gasteiger partial charge in [-0.15, -0.1) is 17.5 Å². The third-order valence-electron chi connectivity index (χ3n) is 4.05. The Morgan fingerprint density at radius 2 is 1.85 bits per heavy atom. The van der Waals surface area contributed by atoms with Crippen LogP contribution in [0.4, 0.5) is 0 Å². The van der Waals surface area contributed by atoms with Crippen molar-refractivity contribution in [3.63, 3.8) is 0 Å². The van der Waals surface area contributed by atoms with E-state index >= 15 is 0 Å². The van der Waals surface area contributed by atoms with E-state index in [1.807, 2.05) is 58.0 Å². The summed E-state index contributed by atoms with van der Waals surface area (Å²) in [4.78, 5) is 24.0. The third-order valence-corrected chi connectivity index (χ3v) is 4.05. The number of nitrogens with two attached hydrogens (primary N) is 1. The molecule has 0 bridgehead atoms. The van der Waals surface area contributed by atoms with E-state index in [0.717, 1.165) is 5.69 Å². The van der Waals surface area contributed by atoms with Crippen molar-refractivity contribution in [3.8, 4) is 5.69 Å². The van der Waals surface area contributed by atoms with Gasteiger partial charge in [0.05, 0.1) is 30.0 Å². The van der Waals surface area contributed by atoms with E-state index in [-0.39, 0.29) is 36.7 Å². The van der Waals surface area contributed by atoms with Gasteiger partial charge in [0.25, 0.3) is 0 Å². The van der Waals surface area contributed by atoms with Crippen LogP contribution in [0.3, 0.4) is 0 Å². The van der Waals surface area contributed by atoms with Crippen molar-refractivity contribution in [3.05, 3.63) is 42.2 Å². The molecule has 0 aliphatic heterocycles. The Morgan fingerprint density at radius 1 is 1.22 bits per heavy atom. The lowest BCUT2D eigenvalue weighted by molar-refractivity contribution is -0.128. The number of aromatic nitrogens is 3. The second-order valence-electron chi connectivity index (χ2n) is 7.04. The number of carbonyl (C=O) groups is 2. The highest BCUT2D eigenvalue weighted by Gasteiger charge is 2.27. The Morgan fingerprint density at radius 3 is 2.44 bits per heavy atom. The van der Waals surface area contributed by atoms with Crippen LogP contribution in [0.25, 0.3) is 5.69 Å². The SMILES string of the molecule is CC(C)[C@H](N)C(=O)NCC(=O)NC(C)(C)c1cn(-c2ccccc2)nn1.Cl. The van der Waals surface area contributed by atoms with Crippen LogP contribution in [-0.2, 0) is 15.1 Å². The van der Waals surface area contributed by atoms with Gasteiger partial charge in [0, 0.05) is 0 Å².